The zero-order chi connectivity index (χ0) is 8.10. The summed E-state index contributed by atoms with van der Waals surface area (Å²) in [5.74, 6) is 0. The number of rotatable bonds is 3. The Balaban J connectivity index is 2.74. The van der Waals surface area contributed by atoms with Crippen molar-refractivity contribution in [2.24, 2.45) is 0 Å². The number of carbonyl (C=O) groups is 1. The first-order chi connectivity index (χ1) is 5.36. The topological polar surface area (TPSA) is 29.1 Å². The van der Waals surface area contributed by atoms with E-state index in [0.717, 1.165) is 5.69 Å². The lowest BCUT2D eigenvalue weighted by Crippen LogP contribution is -1.92. The molecule has 0 saturated carbocycles. The first-order valence-electron chi connectivity index (χ1n) is 3.21. The van der Waals surface area contributed by atoms with E-state index in [-0.39, 0.29) is 0 Å². The molecule has 0 saturated heterocycles. The van der Waals surface area contributed by atoms with Crippen LogP contribution in [-0.2, 0) is 4.79 Å². The summed E-state index contributed by atoms with van der Waals surface area (Å²) in [5, 5.41) is 2.57. The molecule has 58 valence electrons. The molecule has 0 fully saturated rings. The van der Waals surface area contributed by atoms with E-state index in [1.807, 2.05) is 30.5 Å². The third-order valence-corrected chi connectivity index (χ3v) is 2.06. The summed E-state index contributed by atoms with van der Waals surface area (Å²) in [6.07, 6.45) is 2.69. The number of anilines is 1. The fourth-order valence-electron chi connectivity index (χ4n) is 0.755. The van der Waals surface area contributed by atoms with Gasteiger partial charge in [0, 0.05) is 10.6 Å². The van der Waals surface area contributed by atoms with Gasteiger partial charge in [0.25, 0.3) is 0 Å². The van der Waals surface area contributed by atoms with E-state index in [1.54, 1.807) is 11.8 Å². The summed E-state index contributed by atoms with van der Waals surface area (Å²) >= 11 is 1.68. The number of nitrogens with one attached hydrogen (secondary N) is 1. The molecule has 0 aliphatic heterocycles. The van der Waals surface area contributed by atoms with Crippen molar-refractivity contribution in [1.29, 1.82) is 0 Å². The molecule has 0 bridgehead atoms. The van der Waals surface area contributed by atoms with Crippen molar-refractivity contribution in [3.8, 4) is 0 Å². The number of carbonyl (C=O) groups excluding carboxylic acids is 1. The van der Waals surface area contributed by atoms with Gasteiger partial charge in [0.15, 0.2) is 0 Å². The second-order valence-electron chi connectivity index (χ2n) is 1.99. The molecule has 1 N–H and O–H groups in total. The Morgan fingerprint density at radius 3 is 2.45 bits per heavy atom. The first-order valence-corrected chi connectivity index (χ1v) is 4.43. The highest BCUT2D eigenvalue weighted by Crippen LogP contribution is 2.16. The lowest BCUT2D eigenvalue weighted by atomic mass is 10.3. The third-order valence-electron chi connectivity index (χ3n) is 1.32. The van der Waals surface area contributed by atoms with Gasteiger partial charge in [-0.05, 0) is 30.5 Å². The lowest BCUT2D eigenvalue weighted by molar-refractivity contribution is -0.105. The Labute approximate surface area is 70.0 Å². The van der Waals surface area contributed by atoms with E-state index in [4.69, 9.17) is 0 Å². The number of hydrogen-bond donors (Lipinski definition) is 1. The molecule has 0 unspecified atom stereocenters. The van der Waals surface area contributed by atoms with Crippen molar-refractivity contribution < 1.29 is 4.79 Å². The van der Waals surface area contributed by atoms with Crippen LogP contribution in [0.1, 0.15) is 0 Å². The van der Waals surface area contributed by atoms with E-state index in [2.05, 4.69) is 5.32 Å². The average Bonchev–Trinajstić information content (AvgIpc) is 2.07. The molecule has 11 heavy (non-hydrogen) atoms. The lowest BCUT2D eigenvalue weighted by Gasteiger charge is -1.98. The number of amides is 1. The zero-order valence-electron chi connectivity index (χ0n) is 6.20. The highest BCUT2D eigenvalue weighted by molar-refractivity contribution is 7.98. The van der Waals surface area contributed by atoms with Crippen molar-refractivity contribution in [3.63, 3.8) is 0 Å². The monoisotopic (exact) mass is 167 g/mol. The molecule has 1 amide bonds. The van der Waals surface area contributed by atoms with Gasteiger partial charge in [-0.25, -0.2) is 0 Å². The summed E-state index contributed by atoms with van der Waals surface area (Å²) in [6.45, 7) is 0. The molecule has 1 aromatic rings. The van der Waals surface area contributed by atoms with E-state index in [0.29, 0.717) is 6.41 Å². The van der Waals surface area contributed by atoms with Crippen LogP contribution in [0, 0.1) is 0 Å². The Kier molecular flexibility index (Phi) is 2.98. The van der Waals surface area contributed by atoms with E-state index >= 15 is 0 Å². The van der Waals surface area contributed by atoms with Crippen LogP contribution >= 0.6 is 11.8 Å². The molecule has 0 aliphatic rings. The van der Waals surface area contributed by atoms with E-state index in [1.165, 1.54) is 4.90 Å². The minimum atomic E-state index is 0.675. The molecule has 0 aliphatic carbocycles. The zero-order valence-corrected chi connectivity index (χ0v) is 7.02. The Hall–Kier alpha value is -0.960. The Morgan fingerprint density at radius 2 is 2.00 bits per heavy atom. The second-order valence-corrected chi connectivity index (χ2v) is 2.87. The maximum atomic E-state index is 10.0. The quantitative estimate of drug-likeness (QED) is 0.551. The fourth-order valence-corrected chi connectivity index (χ4v) is 1.16. The molecule has 0 heterocycles. The maximum absolute atomic E-state index is 10.0. The molecular weight excluding hydrogens is 158 g/mol. The standard InChI is InChI=1S/C8H9NOS/c1-11-8-4-2-7(3-5-8)9-6-10/h2-6H,1H3,(H,9,10). The largest absolute Gasteiger partial charge is 0.329 e. The third kappa shape index (κ3) is 2.27. The molecule has 1 aromatic carbocycles. The molecule has 0 atom stereocenters. The minimum Gasteiger partial charge on any atom is -0.329 e. The number of thioether (sulfide) groups is 1. The van der Waals surface area contributed by atoms with Crippen molar-refractivity contribution in [2.45, 2.75) is 4.90 Å². The summed E-state index contributed by atoms with van der Waals surface area (Å²) < 4.78 is 0. The predicted octanol–water partition coefficient (Wildman–Crippen LogP) is 1.98. The van der Waals surface area contributed by atoms with Crippen LogP contribution in [0.5, 0.6) is 0 Å². The summed E-state index contributed by atoms with van der Waals surface area (Å²) in [6, 6.07) is 7.69. The highest BCUT2D eigenvalue weighted by atomic mass is 32.2. The molecule has 3 heteroatoms. The Morgan fingerprint density at radius 1 is 1.36 bits per heavy atom. The number of hydrogen-bond acceptors (Lipinski definition) is 2. The van der Waals surface area contributed by atoms with Gasteiger partial charge in [-0.2, -0.15) is 0 Å². The Bertz CT molecular complexity index is 232. The van der Waals surface area contributed by atoms with Crippen molar-refractivity contribution in [1.82, 2.24) is 0 Å². The minimum absolute atomic E-state index is 0.675. The molecular formula is C8H9NOS. The molecule has 0 spiro atoms. The van der Waals surface area contributed by atoms with Gasteiger partial charge in [-0.15, -0.1) is 11.8 Å². The summed E-state index contributed by atoms with van der Waals surface area (Å²) in [7, 11) is 0. The smallest absolute Gasteiger partial charge is 0.211 e. The average molecular weight is 167 g/mol. The molecule has 0 radical (unpaired) electrons. The first kappa shape index (κ1) is 8.14. The second kappa shape index (κ2) is 4.03. The predicted molar refractivity (Wildman–Crippen MR) is 47.9 cm³/mol. The molecule has 2 nitrogen and oxygen atoms in total. The van der Waals surface area contributed by atoms with Crippen LogP contribution in [0.25, 0.3) is 0 Å². The van der Waals surface area contributed by atoms with Crippen molar-refractivity contribution >= 4 is 23.9 Å². The normalized spacial score (nSPS) is 9.18. The SMILES string of the molecule is CSc1ccc(NC=O)cc1. The van der Waals surface area contributed by atoms with Gasteiger partial charge in [0.2, 0.25) is 6.41 Å². The van der Waals surface area contributed by atoms with Crippen LogP contribution < -0.4 is 5.32 Å². The van der Waals surface area contributed by atoms with E-state index in [9.17, 15) is 4.79 Å². The molecule has 1 rings (SSSR count). The van der Waals surface area contributed by atoms with Crippen LogP contribution in [0.4, 0.5) is 5.69 Å². The van der Waals surface area contributed by atoms with Gasteiger partial charge < -0.3 is 5.32 Å². The van der Waals surface area contributed by atoms with Gasteiger partial charge in [0.05, 0.1) is 0 Å². The number of benzene rings is 1. The van der Waals surface area contributed by atoms with Gasteiger partial charge in [-0.3, -0.25) is 4.79 Å². The van der Waals surface area contributed by atoms with Crippen molar-refractivity contribution in [3.05, 3.63) is 24.3 Å². The van der Waals surface area contributed by atoms with Gasteiger partial charge >= 0.3 is 0 Å². The summed E-state index contributed by atoms with van der Waals surface area (Å²) in [4.78, 5) is 11.2. The van der Waals surface area contributed by atoms with E-state index < -0.39 is 0 Å². The highest BCUT2D eigenvalue weighted by Gasteiger charge is 1.89. The van der Waals surface area contributed by atoms with Crippen LogP contribution in [-0.4, -0.2) is 12.7 Å². The van der Waals surface area contributed by atoms with Crippen LogP contribution in [0.15, 0.2) is 29.2 Å². The molecule has 0 aromatic heterocycles. The van der Waals surface area contributed by atoms with Crippen LogP contribution in [0.3, 0.4) is 0 Å². The fraction of sp³-hybridized carbons (Fsp3) is 0.125. The maximum Gasteiger partial charge on any atom is 0.211 e. The van der Waals surface area contributed by atoms with Crippen LogP contribution in [0.2, 0.25) is 0 Å². The van der Waals surface area contributed by atoms with Gasteiger partial charge in [0.1, 0.15) is 0 Å². The summed E-state index contributed by atoms with van der Waals surface area (Å²) in [5.41, 5.74) is 0.831. The van der Waals surface area contributed by atoms with Crippen molar-refractivity contribution in [2.75, 3.05) is 11.6 Å². The van der Waals surface area contributed by atoms with Gasteiger partial charge in [-0.1, -0.05) is 0 Å².